The number of piperazine rings is 1. The molecule has 1 unspecified atom stereocenters. The molecule has 3 rings (SSSR count). The van der Waals surface area contributed by atoms with Crippen molar-refractivity contribution in [3.05, 3.63) is 11.3 Å². The number of ether oxygens (including phenoxy) is 2. The summed E-state index contributed by atoms with van der Waals surface area (Å²) in [6, 6.07) is 0.588. The van der Waals surface area contributed by atoms with Gasteiger partial charge in [-0.3, -0.25) is 0 Å². The van der Waals surface area contributed by atoms with Crippen molar-refractivity contribution in [2.45, 2.75) is 45.8 Å². The number of nitrogens with zero attached hydrogens (tertiary/aromatic N) is 5. The molecule has 1 atom stereocenters. The lowest BCUT2D eigenvalue weighted by Crippen LogP contribution is -2.50. The van der Waals surface area contributed by atoms with Crippen molar-refractivity contribution >= 4 is 11.9 Å². The third kappa shape index (κ3) is 5.72. The van der Waals surface area contributed by atoms with E-state index < -0.39 is 5.60 Å². The number of nitrogens with one attached hydrogen (secondary N) is 1. The molecule has 1 aromatic heterocycles. The van der Waals surface area contributed by atoms with E-state index in [0.29, 0.717) is 38.8 Å². The number of fused-ring (bicyclic) bond motifs is 1. The third-order valence-corrected chi connectivity index (χ3v) is 5.23. The minimum atomic E-state index is -0.484. The minimum Gasteiger partial charge on any atom is -0.462 e. The van der Waals surface area contributed by atoms with Crippen LogP contribution in [-0.4, -0.2) is 91.4 Å². The van der Waals surface area contributed by atoms with Gasteiger partial charge in [-0.25, -0.2) is 4.79 Å². The maximum absolute atomic E-state index is 12.4. The predicted octanol–water partition coefficient (Wildman–Crippen LogP) is 1.68. The molecule has 30 heavy (non-hydrogen) atoms. The molecule has 9 nitrogen and oxygen atoms in total. The predicted molar refractivity (Wildman–Crippen MR) is 116 cm³/mol. The number of amides is 1. The number of hydrogen-bond acceptors (Lipinski definition) is 8. The first kappa shape index (κ1) is 22.6. The van der Waals surface area contributed by atoms with Crippen LogP contribution in [0.2, 0.25) is 0 Å². The van der Waals surface area contributed by atoms with Crippen LogP contribution in [-0.2, 0) is 11.2 Å². The molecule has 1 aromatic rings. The molecule has 9 heteroatoms. The van der Waals surface area contributed by atoms with Crippen molar-refractivity contribution in [3.63, 3.8) is 0 Å². The Morgan fingerprint density at radius 3 is 2.53 bits per heavy atom. The molecular weight excluding hydrogens is 384 g/mol. The fraction of sp³-hybridized carbons (Fsp3) is 0.762. The van der Waals surface area contributed by atoms with Crippen LogP contribution in [0.4, 0.5) is 10.6 Å². The summed E-state index contributed by atoms with van der Waals surface area (Å²) in [5, 5.41) is 3.47. The Kier molecular flexibility index (Phi) is 7.02. The van der Waals surface area contributed by atoms with Gasteiger partial charge in [-0.1, -0.05) is 0 Å². The Bertz CT molecular complexity index is 741. The van der Waals surface area contributed by atoms with Gasteiger partial charge in [-0.15, -0.1) is 0 Å². The second-order valence-electron chi connectivity index (χ2n) is 9.23. The lowest BCUT2D eigenvalue weighted by atomic mass is 10.0. The zero-order valence-corrected chi connectivity index (χ0v) is 19.2. The van der Waals surface area contributed by atoms with Gasteiger partial charge >= 0.3 is 12.1 Å². The van der Waals surface area contributed by atoms with Crippen molar-refractivity contribution in [1.82, 2.24) is 25.1 Å². The monoisotopic (exact) mass is 420 g/mol. The van der Waals surface area contributed by atoms with Gasteiger partial charge in [0, 0.05) is 44.3 Å². The molecule has 1 N–H and O–H groups in total. The van der Waals surface area contributed by atoms with Crippen molar-refractivity contribution in [2.24, 2.45) is 0 Å². The van der Waals surface area contributed by atoms with Crippen LogP contribution in [0.3, 0.4) is 0 Å². The lowest BCUT2D eigenvalue weighted by molar-refractivity contribution is 0.0240. The highest BCUT2D eigenvalue weighted by Gasteiger charge is 2.30. The second kappa shape index (κ2) is 9.34. The van der Waals surface area contributed by atoms with Crippen LogP contribution in [0.5, 0.6) is 6.01 Å². The Balaban J connectivity index is 1.74. The Labute approximate surface area is 179 Å². The van der Waals surface area contributed by atoms with Crippen molar-refractivity contribution < 1.29 is 14.3 Å². The maximum atomic E-state index is 12.4. The molecule has 0 aliphatic carbocycles. The molecule has 0 aromatic carbocycles. The molecule has 1 fully saturated rings. The SMILES string of the molecule is CC1NCCc2c1nc(OCCN(C)C)nc2N1CCN(C(=O)OC(C)(C)C)CC1. The summed E-state index contributed by atoms with van der Waals surface area (Å²) in [5.74, 6) is 0.942. The van der Waals surface area contributed by atoms with Gasteiger partial charge in [-0.05, 0) is 54.8 Å². The van der Waals surface area contributed by atoms with Crippen molar-refractivity contribution in [2.75, 3.05) is 64.9 Å². The van der Waals surface area contributed by atoms with Crippen LogP contribution in [0.25, 0.3) is 0 Å². The first-order valence-electron chi connectivity index (χ1n) is 10.8. The van der Waals surface area contributed by atoms with Crippen LogP contribution >= 0.6 is 0 Å². The van der Waals surface area contributed by atoms with E-state index in [0.717, 1.165) is 31.0 Å². The zero-order chi connectivity index (χ0) is 21.9. The van der Waals surface area contributed by atoms with Gasteiger partial charge < -0.3 is 29.5 Å². The van der Waals surface area contributed by atoms with E-state index in [-0.39, 0.29) is 12.1 Å². The first-order valence-corrected chi connectivity index (χ1v) is 10.8. The number of rotatable bonds is 5. The molecule has 0 bridgehead atoms. The summed E-state index contributed by atoms with van der Waals surface area (Å²) in [5.41, 5.74) is 1.72. The summed E-state index contributed by atoms with van der Waals surface area (Å²) < 4.78 is 11.4. The largest absolute Gasteiger partial charge is 0.462 e. The van der Waals surface area contributed by atoms with E-state index in [1.54, 1.807) is 4.90 Å². The van der Waals surface area contributed by atoms with Gasteiger partial charge in [0.1, 0.15) is 18.0 Å². The number of aromatic nitrogens is 2. The third-order valence-electron chi connectivity index (χ3n) is 5.23. The van der Waals surface area contributed by atoms with Crippen LogP contribution in [0.1, 0.15) is 45.0 Å². The van der Waals surface area contributed by atoms with Gasteiger partial charge in [0.05, 0.1) is 5.69 Å². The average Bonchev–Trinajstić information content (AvgIpc) is 2.67. The minimum absolute atomic E-state index is 0.162. The molecule has 168 valence electrons. The van der Waals surface area contributed by atoms with Crippen molar-refractivity contribution in [1.29, 1.82) is 0 Å². The number of anilines is 1. The molecule has 1 saturated heterocycles. The van der Waals surface area contributed by atoms with Crippen LogP contribution in [0.15, 0.2) is 0 Å². The Morgan fingerprint density at radius 1 is 1.20 bits per heavy atom. The number of carbonyl (C=O) groups is 1. The second-order valence-corrected chi connectivity index (χ2v) is 9.23. The van der Waals surface area contributed by atoms with E-state index in [4.69, 9.17) is 19.4 Å². The summed E-state index contributed by atoms with van der Waals surface area (Å²) in [7, 11) is 4.03. The average molecular weight is 421 g/mol. The highest BCUT2D eigenvalue weighted by Crippen LogP contribution is 2.31. The van der Waals surface area contributed by atoms with E-state index >= 15 is 0 Å². The summed E-state index contributed by atoms with van der Waals surface area (Å²) in [6.45, 7) is 12.7. The Morgan fingerprint density at radius 2 is 1.90 bits per heavy atom. The highest BCUT2D eigenvalue weighted by atomic mass is 16.6. The lowest BCUT2D eigenvalue weighted by Gasteiger charge is -2.38. The smallest absolute Gasteiger partial charge is 0.410 e. The molecule has 0 saturated carbocycles. The van der Waals surface area contributed by atoms with Gasteiger partial charge in [0.25, 0.3) is 0 Å². The van der Waals surface area contributed by atoms with Crippen LogP contribution in [0, 0.1) is 0 Å². The van der Waals surface area contributed by atoms with E-state index in [1.807, 2.05) is 34.9 Å². The molecular formula is C21H36N6O3. The molecule has 2 aliphatic heterocycles. The van der Waals surface area contributed by atoms with E-state index in [1.165, 1.54) is 5.56 Å². The Hall–Kier alpha value is -2.13. The van der Waals surface area contributed by atoms with Crippen LogP contribution < -0.4 is 15.0 Å². The number of likely N-dealkylation sites (N-methyl/N-ethyl adjacent to an activating group) is 1. The summed E-state index contributed by atoms with van der Waals surface area (Å²) in [4.78, 5) is 28.0. The van der Waals surface area contributed by atoms with Crippen molar-refractivity contribution in [3.8, 4) is 6.01 Å². The molecule has 1 amide bonds. The summed E-state index contributed by atoms with van der Waals surface area (Å²) >= 11 is 0. The standard InChI is InChI=1S/C21H36N6O3/c1-15-17-16(7-8-22-15)18(24-19(23-17)29-14-13-25(5)6)26-9-11-27(12-10-26)20(28)30-21(2,3)4/h15,22H,7-14H2,1-6H3. The molecule has 0 radical (unpaired) electrons. The van der Waals surface area contributed by atoms with Gasteiger partial charge in [-0.2, -0.15) is 9.97 Å². The maximum Gasteiger partial charge on any atom is 0.410 e. The molecule has 2 aliphatic rings. The topological polar surface area (TPSA) is 83.1 Å². The quantitative estimate of drug-likeness (QED) is 0.770. The zero-order valence-electron chi connectivity index (χ0n) is 19.2. The number of hydrogen-bond donors (Lipinski definition) is 1. The molecule has 0 spiro atoms. The summed E-state index contributed by atoms with van der Waals surface area (Å²) in [6.07, 6.45) is 0.636. The first-order chi connectivity index (χ1) is 14.1. The van der Waals surface area contributed by atoms with E-state index in [2.05, 4.69) is 22.0 Å². The molecule has 3 heterocycles. The van der Waals surface area contributed by atoms with Gasteiger partial charge in [0.15, 0.2) is 0 Å². The fourth-order valence-corrected chi connectivity index (χ4v) is 3.65. The normalized spacial score (nSPS) is 19.6. The fourth-order valence-electron chi connectivity index (χ4n) is 3.65. The number of carbonyl (C=O) groups excluding carboxylic acids is 1. The van der Waals surface area contributed by atoms with E-state index in [9.17, 15) is 4.79 Å². The van der Waals surface area contributed by atoms with Gasteiger partial charge in [0.2, 0.25) is 0 Å². The highest BCUT2D eigenvalue weighted by molar-refractivity contribution is 5.68.